The van der Waals surface area contributed by atoms with Gasteiger partial charge in [0.05, 0.1) is 12.8 Å². The molecule has 2 aromatic heterocycles. The summed E-state index contributed by atoms with van der Waals surface area (Å²) < 4.78 is 7.51. The molecule has 0 aliphatic heterocycles. The van der Waals surface area contributed by atoms with Crippen LogP contribution < -0.4 is 5.32 Å². The average molecular weight is 302 g/mol. The van der Waals surface area contributed by atoms with E-state index < -0.39 is 11.9 Å². The van der Waals surface area contributed by atoms with Gasteiger partial charge in [-0.1, -0.05) is 0 Å². The van der Waals surface area contributed by atoms with Crippen LogP contribution in [0.4, 0.5) is 5.82 Å². The number of rotatable bonds is 4. The number of anilines is 1. The number of hydrogen-bond acceptors (Lipinski definition) is 6. The Morgan fingerprint density at radius 1 is 1.41 bits per heavy atom. The fourth-order valence-corrected chi connectivity index (χ4v) is 1.81. The van der Waals surface area contributed by atoms with Gasteiger partial charge in [-0.15, -0.1) is 0 Å². The zero-order valence-corrected chi connectivity index (χ0v) is 12.3. The van der Waals surface area contributed by atoms with Gasteiger partial charge in [0.25, 0.3) is 5.91 Å². The first kappa shape index (κ1) is 15.2. The van der Waals surface area contributed by atoms with Gasteiger partial charge >= 0.3 is 5.97 Å². The molecule has 0 saturated carbocycles. The Bertz CT molecular complexity index is 767. The number of hydrogen-bond donors (Lipinski definition) is 1. The molecule has 0 unspecified atom stereocenters. The van der Waals surface area contributed by atoms with Crippen molar-refractivity contribution >= 4 is 17.7 Å². The molecule has 0 aliphatic rings. The Kier molecular flexibility index (Phi) is 4.22. The number of ether oxygens (including phenoxy) is 1. The number of aromatic nitrogens is 4. The normalized spacial score (nSPS) is 10.1. The van der Waals surface area contributed by atoms with Crippen molar-refractivity contribution in [2.45, 2.75) is 6.92 Å². The molecule has 2 heterocycles. The molecule has 0 aliphatic carbocycles. The fraction of sp³-hybridized carbons (Fsp3) is 0.308. The summed E-state index contributed by atoms with van der Waals surface area (Å²) in [5.41, 5.74) is 0.436. The van der Waals surface area contributed by atoms with Gasteiger partial charge in [0.2, 0.25) is 0 Å². The lowest BCUT2D eigenvalue weighted by molar-refractivity contribution is 0.0513. The Hall–Kier alpha value is -3.15. The number of carbonyl (C=O) groups excluding carboxylic acids is 2. The van der Waals surface area contributed by atoms with Gasteiger partial charge in [0.15, 0.2) is 5.69 Å². The molecule has 2 aromatic rings. The first-order valence-electron chi connectivity index (χ1n) is 6.42. The number of carbonyl (C=O) groups is 2. The largest absolute Gasteiger partial charge is 0.461 e. The Balaban J connectivity index is 2.24. The highest BCUT2D eigenvalue weighted by atomic mass is 16.5. The van der Waals surface area contributed by atoms with Crippen molar-refractivity contribution in [2.75, 3.05) is 11.9 Å². The first-order valence-corrected chi connectivity index (χ1v) is 6.42. The van der Waals surface area contributed by atoms with Crippen molar-refractivity contribution in [3.8, 4) is 6.07 Å². The van der Waals surface area contributed by atoms with Crippen molar-refractivity contribution in [2.24, 2.45) is 14.1 Å². The van der Waals surface area contributed by atoms with Crippen molar-refractivity contribution < 1.29 is 14.3 Å². The maximum atomic E-state index is 12.2. The molecule has 0 radical (unpaired) electrons. The summed E-state index contributed by atoms with van der Waals surface area (Å²) in [5.74, 6) is -0.850. The number of amides is 1. The molecule has 9 heteroatoms. The van der Waals surface area contributed by atoms with Gasteiger partial charge in [-0.25, -0.2) is 4.79 Å². The van der Waals surface area contributed by atoms with Crippen molar-refractivity contribution in [3.63, 3.8) is 0 Å². The molecule has 0 spiro atoms. The summed E-state index contributed by atoms with van der Waals surface area (Å²) in [6.45, 7) is 1.92. The Morgan fingerprint density at radius 3 is 2.77 bits per heavy atom. The minimum atomic E-state index is -0.560. The second-order valence-corrected chi connectivity index (χ2v) is 4.36. The highest BCUT2D eigenvalue weighted by Gasteiger charge is 2.20. The molecule has 0 fully saturated rings. The summed E-state index contributed by atoms with van der Waals surface area (Å²) >= 11 is 0. The average Bonchev–Trinajstić information content (AvgIpc) is 3.03. The third kappa shape index (κ3) is 2.80. The van der Waals surface area contributed by atoms with Crippen LogP contribution in [0.1, 0.15) is 33.5 Å². The Morgan fingerprint density at radius 2 is 2.14 bits per heavy atom. The molecule has 2 rings (SSSR count). The van der Waals surface area contributed by atoms with Gasteiger partial charge in [0.1, 0.15) is 23.1 Å². The minimum Gasteiger partial charge on any atom is -0.461 e. The van der Waals surface area contributed by atoms with Crippen LogP contribution in [-0.4, -0.2) is 38.0 Å². The number of esters is 1. The van der Waals surface area contributed by atoms with E-state index in [2.05, 4.69) is 15.5 Å². The summed E-state index contributed by atoms with van der Waals surface area (Å²) in [6.07, 6.45) is 1.35. The highest BCUT2D eigenvalue weighted by Crippen LogP contribution is 2.14. The van der Waals surface area contributed by atoms with Crippen molar-refractivity contribution in [1.29, 1.82) is 5.26 Å². The molecule has 9 nitrogen and oxygen atoms in total. The van der Waals surface area contributed by atoms with Crippen LogP contribution in [-0.2, 0) is 18.8 Å². The number of nitriles is 1. The van der Waals surface area contributed by atoms with Gasteiger partial charge in [-0.3, -0.25) is 14.2 Å². The fourth-order valence-electron chi connectivity index (χ4n) is 1.81. The standard InChI is InChI=1S/C13H14N6O3/c1-4-22-13(21)10-5-9(17-18(10)2)12(20)16-11-8(6-14)7-15-19(11)3/h5,7H,4H2,1-3H3,(H,16,20). The topological polar surface area (TPSA) is 115 Å². The second-order valence-electron chi connectivity index (χ2n) is 4.36. The summed E-state index contributed by atoms with van der Waals surface area (Å²) in [4.78, 5) is 23.9. The lowest BCUT2D eigenvalue weighted by Crippen LogP contribution is -2.16. The molecule has 1 amide bonds. The molecule has 114 valence electrons. The summed E-state index contributed by atoms with van der Waals surface area (Å²) in [6, 6.07) is 3.26. The van der Waals surface area contributed by atoms with Crippen LogP contribution >= 0.6 is 0 Å². The molecule has 0 aromatic carbocycles. The molecule has 1 N–H and O–H groups in total. The summed E-state index contributed by atoms with van der Waals surface area (Å²) in [5, 5.41) is 19.4. The van der Waals surface area contributed by atoms with E-state index in [-0.39, 0.29) is 29.4 Å². The third-order valence-corrected chi connectivity index (χ3v) is 2.89. The molecular formula is C13H14N6O3. The quantitative estimate of drug-likeness (QED) is 0.820. The van der Waals surface area contributed by atoms with Crippen molar-refractivity contribution in [3.05, 3.63) is 29.2 Å². The zero-order valence-electron chi connectivity index (χ0n) is 12.3. The van der Waals surface area contributed by atoms with Crippen LogP contribution in [0, 0.1) is 11.3 Å². The van der Waals surface area contributed by atoms with E-state index in [0.29, 0.717) is 0 Å². The Labute approximate surface area is 126 Å². The number of nitrogens with one attached hydrogen (secondary N) is 1. The van der Waals surface area contributed by atoms with Crippen molar-refractivity contribution in [1.82, 2.24) is 19.6 Å². The van der Waals surface area contributed by atoms with Crippen LogP contribution in [0.3, 0.4) is 0 Å². The van der Waals surface area contributed by atoms with E-state index in [9.17, 15) is 9.59 Å². The smallest absolute Gasteiger partial charge is 0.356 e. The van der Waals surface area contributed by atoms with E-state index in [1.807, 2.05) is 6.07 Å². The van der Waals surface area contributed by atoms with E-state index in [0.717, 1.165) is 0 Å². The third-order valence-electron chi connectivity index (χ3n) is 2.89. The van der Waals surface area contributed by atoms with Crippen LogP contribution in [0.2, 0.25) is 0 Å². The first-order chi connectivity index (χ1) is 10.5. The lowest BCUT2D eigenvalue weighted by atomic mass is 10.3. The van der Waals surface area contributed by atoms with E-state index in [1.165, 1.54) is 28.7 Å². The van der Waals surface area contributed by atoms with E-state index in [4.69, 9.17) is 10.00 Å². The SMILES string of the molecule is CCOC(=O)c1cc(C(=O)Nc2c(C#N)cnn2C)nn1C. The van der Waals surface area contributed by atoms with Crippen LogP contribution in [0.5, 0.6) is 0 Å². The maximum absolute atomic E-state index is 12.2. The summed E-state index contributed by atoms with van der Waals surface area (Å²) in [7, 11) is 3.13. The highest BCUT2D eigenvalue weighted by molar-refractivity contribution is 6.04. The predicted octanol–water partition coefficient (Wildman–Crippen LogP) is 0.454. The predicted molar refractivity (Wildman–Crippen MR) is 75.0 cm³/mol. The molecule has 22 heavy (non-hydrogen) atoms. The second kappa shape index (κ2) is 6.09. The lowest BCUT2D eigenvalue weighted by Gasteiger charge is -2.03. The van der Waals surface area contributed by atoms with E-state index in [1.54, 1.807) is 14.0 Å². The van der Waals surface area contributed by atoms with Gasteiger partial charge in [-0.05, 0) is 6.92 Å². The molecule has 0 atom stereocenters. The van der Waals surface area contributed by atoms with Crippen LogP contribution in [0.15, 0.2) is 12.3 Å². The minimum absolute atomic E-state index is 0.0376. The monoisotopic (exact) mass is 302 g/mol. The van der Waals surface area contributed by atoms with Gasteiger partial charge in [-0.2, -0.15) is 15.5 Å². The number of aryl methyl sites for hydroxylation is 2. The molecular weight excluding hydrogens is 288 g/mol. The van der Waals surface area contributed by atoms with Gasteiger partial charge in [0, 0.05) is 20.2 Å². The molecule has 0 bridgehead atoms. The number of nitrogens with zero attached hydrogens (tertiary/aromatic N) is 5. The van der Waals surface area contributed by atoms with Crippen LogP contribution in [0.25, 0.3) is 0 Å². The van der Waals surface area contributed by atoms with E-state index >= 15 is 0 Å². The van der Waals surface area contributed by atoms with Gasteiger partial charge < -0.3 is 10.1 Å². The molecule has 0 saturated heterocycles. The zero-order chi connectivity index (χ0) is 16.3. The maximum Gasteiger partial charge on any atom is 0.356 e.